The van der Waals surface area contributed by atoms with Gasteiger partial charge in [0.05, 0.1) is 17.0 Å². The van der Waals surface area contributed by atoms with Crippen LogP contribution in [0.5, 0.6) is 0 Å². The molecule has 0 saturated heterocycles. The summed E-state index contributed by atoms with van der Waals surface area (Å²) in [5.74, 6) is -0.257. The van der Waals surface area contributed by atoms with Gasteiger partial charge >= 0.3 is 0 Å². The molecule has 1 amide bonds. The number of benzene rings is 2. The van der Waals surface area contributed by atoms with Crippen LogP contribution in [0.15, 0.2) is 59.5 Å². The number of carbonyl (C=O) groups excluding carboxylic acids is 1. The summed E-state index contributed by atoms with van der Waals surface area (Å²) in [6.45, 7) is 1.95. The van der Waals surface area contributed by atoms with Crippen LogP contribution in [0.1, 0.15) is 5.69 Å². The topological polar surface area (TPSA) is 114 Å². The molecule has 0 spiro atoms. The van der Waals surface area contributed by atoms with E-state index in [1.807, 2.05) is 37.3 Å². The van der Waals surface area contributed by atoms with Crippen LogP contribution in [0.4, 0.5) is 11.4 Å². The van der Waals surface area contributed by atoms with Crippen LogP contribution in [0.25, 0.3) is 10.9 Å². The van der Waals surface area contributed by atoms with Gasteiger partial charge in [0.2, 0.25) is 15.9 Å². The highest BCUT2D eigenvalue weighted by Crippen LogP contribution is 2.22. The maximum Gasteiger partial charge on any atom is 0.243 e. The Bertz CT molecular complexity index is 1060. The highest BCUT2D eigenvalue weighted by Gasteiger charge is 2.09. The number of anilines is 2. The van der Waals surface area contributed by atoms with Crippen molar-refractivity contribution in [3.8, 4) is 0 Å². The number of nitrogens with one attached hydrogen (secondary N) is 2. The van der Waals surface area contributed by atoms with Crippen LogP contribution in [-0.4, -0.2) is 25.9 Å². The first-order chi connectivity index (χ1) is 12.3. The molecule has 1 heterocycles. The van der Waals surface area contributed by atoms with Gasteiger partial charge in [-0.3, -0.25) is 9.78 Å². The van der Waals surface area contributed by atoms with E-state index in [9.17, 15) is 13.2 Å². The van der Waals surface area contributed by atoms with Crippen molar-refractivity contribution in [2.45, 2.75) is 11.8 Å². The third kappa shape index (κ3) is 4.16. The van der Waals surface area contributed by atoms with Crippen LogP contribution < -0.4 is 15.8 Å². The van der Waals surface area contributed by atoms with Crippen molar-refractivity contribution in [3.05, 3.63) is 60.3 Å². The molecule has 8 heteroatoms. The first-order valence-corrected chi connectivity index (χ1v) is 9.40. The molecule has 26 heavy (non-hydrogen) atoms. The molecular weight excluding hydrogens is 352 g/mol. The smallest absolute Gasteiger partial charge is 0.243 e. The highest BCUT2D eigenvalue weighted by atomic mass is 32.2. The van der Waals surface area contributed by atoms with Crippen molar-refractivity contribution in [2.24, 2.45) is 5.14 Å². The Kier molecular flexibility index (Phi) is 4.88. The Morgan fingerprint density at radius 3 is 2.50 bits per heavy atom. The van der Waals surface area contributed by atoms with Crippen LogP contribution in [0, 0.1) is 6.92 Å². The lowest BCUT2D eigenvalue weighted by Crippen LogP contribution is -2.22. The van der Waals surface area contributed by atoms with E-state index < -0.39 is 10.0 Å². The molecule has 2 aromatic carbocycles. The van der Waals surface area contributed by atoms with Gasteiger partial charge in [-0.1, -0.05) is 18.2 Å². The van der Waals surface area contributed by atoms with Crippen LogP contribution in [-0.2, 0) is 14.8 Å². The van der Waals surface area contributed by atoms with Gasteiger partial charge in [0.15, 0.2) is 0 Å². The van der Waals surface area contributed by atoms with E-state index in [0.29, 0.717) is 5.69 Å². The first kappa shape index (κ1) is 17.8. The number of amides is 1. The van der Waals surface area contributed by atoms with E-state index >= 15 is 0 Å². The van der Waals surface area contributed by atoms with E-state index in [1.165, 1.54) is 24.3 Å². The zero-order valence-electron chi connectivity index (χ0n) is 14.1. The first-order valence-electron chi connectivity index (χ1n) is 7.86. The number of aromatic nitrogens is 1. The van der Waals surface area contributed by atoms with Crippen molar-refractivity contribution in [3.63, 3.8) is 0 Å². The molecule has 3 aromatic rings. The number of rotatable bonds is 5. The summed E-state index contributed by atoms with van der Waals surface area (Å²) >= 11 is 0. The molecule has 0 saturated carbocycles. The summed E-state index contributed by atoms with van der Waals surface area (Å²) in [6.07, 6.45) is 0. The number of pyridine rings is 1. The third-order valence-electron chi connectivity index (χ3n) is 3.75. The zero-order valence-corrected chi connectivity index (χ0v) is 14.9. The number of primary sulfonamides is 1. The molecule has 1 aromatic heterocycles. The lowest BCUT2D eigenvalue weighted by Gasteiger charge is -2.11. The van der Waals surface area contributed by atoms with Crippen LogP contribution in [0.3, 0.4) is 0 Å². The van der Waals surface area contributed by atoms with Gasteiger partial charge in [-0.15, -0.1) is 0 Å². The largest absolute Gasteiger partial charge is 0.376 e. The number of aryl methyl sites for hydroxylation is 1. The molecule has 0 bridgehead atoms. The summed E-state index contributed by atoms with van der Waals surface area (Å²) in [5, 5.41) is 11.8. The molecule has 0 radical (unpaired) electrons. The van der Waals surface area contributed by atoms with Crippen molar-refractivity contribution >= 4 is 38.2 Å². The molecule has 0 aliphatic rings. The minimum atomic E-state index is -3.75. The standard InChI is InChI=1S/C18H18N4O3S/c1-12-10-17(15-4-2-3-5-16(15)21-12)20-11-18(23)22-13-6-8-14(9-7-13)26(19,24)25/h2-10H,11H2,1H3,(H,20,21)(H,22,23)(H2,19,24,25). The second kappa shape index (κ2) is 7.11. The molecule has 4 N–H and O–H groups in total. The van der Waals surface area contributed by atoms with E-state index in [1.54, 1.807) is 0 Å². The van der Waals surface area contributed by atoms with Gasteiger partial charge in [-0.2, -0.15) is 0 Å². The average Bonchev–Trinajstić information content (AvgIpc) is 2.59. The number of nitrogens with zero attached hydrogens (tertiary/aromatic N) is 1. The van der Waals surface area contributed by atoms with E-state index in [2.05, 4.69) is 15.6 Å². The Morgan fingerprint density at radius 1 is 1.12 bits per heavy atom. The van der Waals surface area contributed by atoms with Gasteiger partial charge in [-0.05, 0) is 43.3 Å². The Morgan fingerprint density at radius 2 is 1.81 bits per heavy atom. The summed E-state index contributed by atoms with van der Waals surface area (Å²) in [4.78, 5) is 16.6. The summed E-state index contributed by atoms with van der Waals surface area (Å²) in [7, 11) is -3.75. The molecular formula is C18H18N4O3S. The molecule has 3 rings (SSSR count). The maximum absolute atomic E-state index is 12.2. The fourth-order valence-electron chi connectivity index (χ4n) is 2.56. The predicted octanol–water partition coefficient (Wildman–Crippen LogP) is 2.24. The normalized spacial score (nSPS) is 11.3. The Hall–Kier alpha value is -2.97. The molecule has 0 unspecified atom stereocenters. The second-order valence-corrected chi connectivity index (χ2v) is 7.36. The van der Waals surface area contributed by atoms with E-state index in [4.69, 9.17) is 5.14 Å². The molecule has 134 valence electrons. The number of nitrogens with two attached hydrogens (primary N) is 1. The number of carbonyl (C=O) groups is 1. The highest BCUT2D eigenvalue weighted by molar-refractivity contribution is 7.89. The average molecular weight is 370 g/mol. The number of fused-ring (bicyclic) bond motifs is 1. The summed E-state index contributed by atoms with van der Waals surface area (Å²) in [6, 6.07) is 15.2. The minimum Gasteiger partial charge on any atom is -0.376 e. The monoisotopic (exact) mass is 370 g/mol. The van der Waals surface area contributed by atoms with Gasteiger partial charge in [-0.25, -0.2) is 13.6 Å². The zero-order chi connectivity index (χ0) is 18.7. The maximum atomic E-state index is 12.2. The Balaban J connectivity index is 1.68. The fraction of sp³-hybridized carbons (Fsp3) is 0.111. The number of sulfonamides is 1. The van der Waals surface area contributed by atoms with Gasteiger partial charge in [0.25, 0.3) is 0 Å². The second-order valence-electron chi connectivity index (χ2n) is 5.80. The van der Waals surface area contributed by atoms with E-state index in [0.717, 1.165) is 22.3 Å². The molecule has 0 atom stereocenters. The summed E-state index contributed by atoms with van der Waals surface area (Å²) in [5.41, 5.74) is 3.02. The summed E-state index contributed by atoms with van der Waals surface area (Å²) < 4.78 is 22.5. The van der Waals surface area contributed by atoms with Crippen LogP contribution in [0.2, 0.25) is 0 Å². The quantitative estimate of drug-likeness (QED) is 0.637. The van der Waals surface area contributed by atoms with Crippen molar-refractivity contribution in [1.82, 2.24) is 4.98 Å². The predicted molar refractivity (Wildman–Crippen MR) is 101 cm³/mol. The third-order valence-corrected chi connectivity index (χ3v) is 4.68. The van der Waals surface area contributed by atoms with Crippen molar-refractivity contribution < 1.29 is 13.2 Å². The fourth-order valence-corrected chi connectivity index (χ4v) is 3.08. The van der Waals surface area contributed by atoms with Gasteiger partial charge < -0.3 is 10.6 Å². The van der Waals surface area contributed by atoms with Gasteiger partial charge in [0.1, 0.15) is 0 Å². The lowest BCUT2D eigenvalue weighted by atomic mass is 10.1. The number of hydrogen-bond donors (Lipinski definition) is 3. The molecule has 7 nitrogen and oxygen atoms in total. The van der Waals surface area contributed by atoms with Gasteiger partial charge in [0, 0.05) is 22.5 Å². The lowest BCUT2D eigenvalue weighted by molar-refractivity contribution is -0.114. The number of para-hydroxylation sites is 1. The SMILES string of the molecule is Cc1cc(NCC(=O)Nc2ccc(S(N)(=O)=O)cc2)c2ccccc2n1. The molecule has 0 aliphatic heterocycles. The Labute approximate surface area is 151 Å². The molecule has 0 fully saturated rings. The van der Waals surface area contributed by atoms with Crippen molar-refractivity contribution in [2.75, 3.05) is 17.2 Å². The molecule has 0 aliphatic carbocycles. The van der Waals surface area contributed by atoms with Crippen molar-refractivity contribution in [1.29, 1.82) is 0 Å². The van der Waals surface area contributed by atoms with Crippen LogP contribution >= 0.6 is 0 Å². The minimum absolute atomic E-state index is 0.00708. The number of hydrogen-bond acceptors (Lipinski definition) is 5. The van der Waals surface area contributed by atoms with E-state index in [-0.39, 0.29) is 17.3 Å².